The summed E-state index contributed by atoms with van der Waals surface area (Å²) in [5.74, 6) is -0.372. The summed E-state index contributed by atoms with van der Waals surface area (Å²) in [5.41, 5.74) is 0.363. The summed E-state index contributed by atoms with van der Waals surface area (Å²) in [7, 11) is 0. The number of carboxylic acids is 1. The van der Waals surface area contributed by atoms with E-state index in [9.17, 15) is 14.7 Å². The van der Waals surface area contributed by atoms with Crippen molar-refractivity contribution in [2.75, 3.05) is 19.7 Å². The van der Waals surface area contributed by atoms with E-state index in [0.29, 0.717) is 41.5 Å². The minimum atomic E-state index is -0.819. The third-order valence-corrected chi connectivity index (χ3v) is 5.08. The van der Waals surface area contributed by atoms with E-state index >= 15 is 0 Å². The number of rotatable bonds is 6. The summed E-state index contributed by atoms with van der Waals surface area (Å²) in [5, 5.41) is 9.72. The molecule has 2 heterocycles. The van der Waals surface area contributed by atoms with Gasteiger partial charge in [0.05, 0.1) is 18.1 Å². The van der Waals surface area contributed by atoms with Crippen LogP contribution in [-0.4, -0.2) is 46.6 Å². The lowest BCUT2D eigenvalue weighted by molar-refractivity contribution is -0.142. The van der Waals surface area contributed by atoms with Crippen LogP contribution in [0.15, 0.2) is 12.3 Å². The van der Waals surface area contributed by atoms with E-state index in [0.717, 1.165) is 12.8 Å². The van der Waals surface area contributed by atoms with Crippen LogP contribution in [0.3, 0.4) is 0 Å². The van der Waals surface area contributed by atoms with E-state index in [-0.39, 0.29) is 18.4 Å². The molecule has 136 valence electrons. The van der Waals surface area contributed by atoms with Crippen molar-refractivity contribution in [1.29, 1.82) is 0 Å². The number of hydrogen-bond acceptors (Lipinski definition) is 4. The van der Waals surface area contributed by atoms with Gasteiger partial charge in [0.2, 0.25) is 5.88 Å². The molecule has 0 spiro atoms. The van der Waals surface area contributed by atoms with Crippen LogP contribution in [0.2, 0.25) is 5.02 Å². The SMILES string of the molecule is CC(C)COc1ncc(C(=O)N2C[C@H](C(=O)O)[C@@H](C3CC3)C2)cc1Cl. The van der Waals surface area contributed by atoms with E-state index in [2.05, 4.69) is 4.98 Å². The lowest BCUT2D eigenvalue weighted by atomic mass is 9.92. The van der Waals surface area contributed by atoms with Gasteiger partial charge in [0.15, 0.2) is 0 Å². The smallest absolute Gasteiger partial charge is 0.308 e. The van der Waals surface area contributed by atoms with Gasteiger partial charge >= 0.3 is 5.97 Å². The Hall–Kier alpha value is -1.82. The van der Waals surface area contributed by atoms with Crippen LogP contribution < -0.4 is 4.74 Å². The van der Waals surface area contributed by atoms with Crippen molar-refractivity contribution in [2.45, 2.75) is 26.7 Å². The van der Waals surface area contributed by atoms with Crippen molar-refractivity contribution in [3.63, 3.8) is 0 Å². The number of carbonyl (C=O) groups excluding carboxylic acids is 1. The maximum Gasteiger partial charge on any atom is 0.308 e. The van der Waals surface area contributed by atoms with Crippen molar-refractivity contribution >= 4 is 23.5 Å². The average Bonchev–Trinajstić information content (AvgIpc) is 3.31. The number of hydrogen-bond donors (Lipinski definition) is 1. The van der Waals surface area contributed by atoms with Crippen molar-refractivity contribution < 1.29 is 19.4 Å². The maximum atomic E-state index is 12.7. The van der Waals surface area contributed by atoms with E-state index in [1.807, 2.05) is 13.8 Å². The third kappa shape index (κ3) is 4.06. The number of carbonyl (C=O) groups is 2. The number of halogens is 1. The normalized spacial score (nSPS) is 23.1. The van der Waals surface area contributed by atoms with Crippen molar-refractivity contribution in [2.24, 2.45) is 23.7 Å². The van der Waals surface area contributed by atoms with Gasteiger partial charge < -0.3 is 14.7 Å². The van der Waals surface area contributed by atoms with E-state index < -0.39 is 11.9 Å². The van der Waals surface area contributed by atoms with Crippen LogP contribution in [0.5, 0.6) is 5.88 Å². The fourth-order valence-electron chi connectivity index (χ4n) is 3.33. The quantitative estimate of drug-likeness (QED) is 0.837. The molecule has 6 nitrogen and oxygen atoms in total. The molecule has 0 radical (unpaired) electrons. The van der Waals surface area contributed by atoms with Crippen LogP contribution in [0, 0.1) is 23.7 Å². The van der Waals surface area contributed by atoms with Crippen molar-refractivity contribution in [3.8, 4) is 5.88 Å². The first-order valence-corrected chi connectivity index (χ1v) is 9.05. The number of aromatic nitrogens is 1. The molecule has 2 fully saturated rings. The first-order chi connectivity index (χ1) is 11.9. The zero-order valence-electron chi connectivity index (χ0n) is 14.4. The highest BCUT2D eigenvalue weighted by Crippen LogP contribution is 2.44. The Bertz CT molecular complexity index is 675. The number of aliphatic carboxylic acids is 1. The number of carboxylic acid groups (broad SMARTS) is 1. The maximum absolute atomic E-state index is 12.7. The predicted molar refractivity (Wildman–Crippen MR) is 92.8 cm³/mol. The second-order valence-electron chi connectivity index (χ2n) is 7.37. The first-order valence-electron chi connectivity index (χ1n) is 8.67. The number of nitrogens with zero attached hydrogens (tertiary/aromatic N) is 2. The largest absolute Gasteiger partial charge is 0.481 e. The summed E-state index contributed by atoms with van der Waals surface area (Å²) in [4.78, 5) is 30.0. The molecule has 0 aromatic carbocycles. The van der Waals surface area contributed by atoms with E-state index in [1.54, 1.807) is 11.0 Å². The molecule has 1 amide bonds. The standard InChI is InChI=1S/C18H23ClN2O4/c1-10(2)9-25-16-15(19)5-12(6-20-16)17(22)21-7-13(11-3-4-11)14(8-21)18(23)24/h5-6,10-11,13-14H,3-4,7-9H2,1-2H3,(H,23,24)/t13-,14+/m1/s1. The van der Waals surface area contributed by atoms with Crippen LogP contribution in [-0.2, 0) is 4.79 Å². The Kier molecular flexibility index (Phi) is 5.18. The van der Waals surface area contributed by atoms with Crippen LogP contribution in [0.1, 0.15) is 37.0 Å². The number of amides is 1. The molecular formula is C18H23ClN2O4. The highest BCUT2D eigenvalue weighted by atomic mass is 35.5. The summed E-state index contributed by atoms with van der Waals surface area (Å²) in [6, 6.07) is 1.55. The average molecular weight is 367 g/mol. The third-order valence-electron chi connectivity index (χ3n) is 4.80. The van der Waals surface area contributed by atoms with Gasteiger partial charge in [0.25, 0.3) is 5.91 Å². The van der Waals surface area contributed by atoms with Gasteiger partial charge in [-0.1, -0.05) is 25.4 Å². The van der Waals surface area contributed by atoms with Crippen LogP contribution >= 0.6 is 11.6 Å². The molecule has 25 heavy (non-hydrogen) atoms. The molecule has 1 aliphatic heterocycles. The van der Waals surface area contributed by atoms with Crippen LogP contribution in [0.4, 0.5) is 0 Å². The van der Waals surface area contributed by atoms with E-state index in [4.69, 9.17) is 16.3 Å². The first kappa shape index (κ1) is 18.0. The molecule has 2 aliphatic rings. The molecule has 1 aromatic heterocycles. The predicted octanol–water partition coefficient (Wildman–Crippen LogP) is 2.95. The number of likely N-dealkylation sites (tertiary alicyclic amines) is 1. The molecule has 3 rings (SSSR count). The molecule has 0 bridgehead atoms. The molecule has 2 atom stereocenters. The van der Waals surface area contributed by atoms with Gasteiger partial charge in [0, 0.05) is 19.3 Å². The fraction of sp³-hybridized carbons (Fsp3) is 0.611. The van der Waals surface area contributed by atoms with Crippen LogP contribution in [0.25, 0.3) is 0 Å². The highest BCUT2D eigenvalue weighted by Gasteiger charge is 2.47. The van der Waals surface area contributed by atoms with Crippen molar-refractivity contribution in [1.82, 2.24) is 9.88 Å². The lowest BCUT2D eigenvalue weighted by Gasteiger charge is -2.17. The number of pyridine rings is 1. The molecule has 1 saturated heterocycles. The molecule has 1 N–H and O–H groups in total. The highest BCUT2D eigenvalue weighted by molar-refractivity contribution is 6.32. The van der Waals surface area contributed by atoms with Gasteiger partial charge in [0.1, 0.15) is 5.02 Å². The minimum Gasteiger partial charge on any atom is -0.481 e. The Morgan fingerprint density at radius 2 is 2.12 bits per heavy atom. The van der Waals surface area contributed by atoms with Gasteiger partial charge in [-0.2, -0.15) is 0 Å². The second-order valence-corrected chi connectivity index (χ2v) is 7.78. The molecule has 0 unspecified atom stereocenters. The lowest BCUT2D eigenvalue weighted by Crippen LogP contribution is -2.30. The zero-order chi connectivity index (χ0) is 18.1. The van der Waals surface area contributed by atoms with Gasteiger partial charge in [-0.15, -0.1) is 0 Å². The Labute approximate surface area is 152 Å². The minimum absolute atomic E-state index is 0.0542. The molecule has 1 aromatic rings. The van der Waals surface area contributed by atoms with Gasteiger partial charge in [-0.3, -0.25) is 9.59 Å². The Morgan fingerprint density at radius 3 is 2.68 bits per heavy atom. The van der Waals surface area contributed by atoms with Gasteiger partial charge in [-0.05, 0) is 36.7 Å². The summed E-state index contributed by atoms with van der Waals surface area (Å²) >= 11 is 6.18. The number of ether oxygens (including phenoxy) is 1. The molecule has 1 aliphatic carbocycles. The summed E-state index contributed by atoms with van der Waals surface area (Å²) in [6.07, 6.45) is 3.57. The summed E-state index contributed by atoms with van der Waals surface area (Å²) < 4.78 is 5.52. The van der Waals surface area contributed by atoms with Crippen molar-refractivity contribution in [3.05, 3.63) is 22.8 Å². The zero-order valence-corrected chi connectivity index (χ0v) is 15.2. The Balaban J connectivity index is 1.70. The topological polar surface area (TPSA) is 79.7 Å². The fourth-order valence-corrected chi connectivity index (χ4v) is 3.56. The molecular weight excluding hydrogens is 344 g/mol. The second kappa shape index (κ2) is 7.20. The van der Waals surface area contributed by atoms with E-state index in [1.165, 1.54) is 6.20 Å². The monoisotopic (exact) mass is 366 g/mol. The molecule has 1 saturated carbocycles. The summed E-state index contributed by atoms with van der Waals surface area (Å²) in [6.45, 7) is 5.28. The van der Waals surface area contributed by atoms with Gasteiger partial charge in [-0.25, -0.2) is 4.98 Å². The Morgan fingerprint density at radius 1 is 1.40 bits per heavy atom. The molecule has 7 heteroatoms.